The number of hydrogen-bond donors (Lipinski definition) is 0. The minimum Gasteiger partial charge on any atom is -0.324 e. The molecule has 0 saturated heterocycles. The predicted octanol–water partition coefficient (Wildman–Crippen LogP) is 1.82. The molecule has 1 saturated carbocycles. The molecule has 0 bridgehead atoms. The first kappa shape index (κ1) is 14.5. The van der Waals surface area contributed by atoms with Crippen molar-refractivity contribution in [3.63, 3.8) is 0 Å². The summed E-state index contributed by atoms with van der Waals surface area (Å²) in [6.45, 7) is 0.237. The van der Waals surface area contributed by atoms with Crippen LogP contribution in [0, 0.1) is 0 Å². The minimum absolute atomic E-state index is 0.00933. The number of imidazole rings is 1. The SMILES string of the molecule is Cn1cnc(S(=O)(=O)N(Cc2ccccn2)C2CC2)c1Cl. The molecular formula is C13H15ClN4O2S. The quantitative estimate of drug-likeness (QED) is 0.840. The number of aromatic nitrogens is 3. The van der Waals surface area contributed by atoms with Gasteiger partial charge in [-0.25, -0.2) is 13.4 Å². The van der Waals surface area contributed by atoms with Crippen molar-refractivity contribution in [1.29, 1.82) is 0 Å². The molecule has 21 heavy (non-hydrogen) atoms. The van der Waals surface area contributed by atoms with Gasteiger partial charge in [-0.3, -0.25) is 4.98 Å². The number of sulfonamides is 1. The van der Waals surface area contributed by atoms with E-state index in [9.17, 15) is 8.42 Å². The first-order valence-corrected chi connectivity index (χ1v) is 8.40. The molecule has 6 nitrogen and oxygen atoms in total. The van der Waals surface area contributed by atoms with Crippen molar-refractivity contribution in [2.45, 2.75) is 30.5 Å². The Morgan fingerprint density at radius 2 is 2.14 bits per heavy atom. The number of rotatable bonds is 5. The Labute approximate surface area is 128 Å². The zero-order valence-corrected chi connectivity index (χ0v) is 13.0. The fraction of sp³-hybridized carbons (Fsp3) is 0.385. The number of hydrogen-bond acceptors (Lipinski definition) is 4. The van der Waals surface area contributed by atoms with Crippen LogP contribution < -0.4 is 0 Å². The van der Waals surface area contributed by atoms with Gasteiger partial charge in [0.15, 0.2) is 0 Å². The highest BCUT2D eigenvalue weighted by atomic mass is 35.5. The van der Waals surface area contributed by atoms with Gasteiger partial charge < -0.3 is 4.57 Å². The highest BCUT2D eigenvalue weighted by Crippen LogP contribution is 2.34. The van der Waals surface area contributed by atoms with E-state index >= 15 is 0 Å². The van der Waals surface area contributed by atoms with Gasteiger partial charge in [0.1, 0.15) is 5.15 Å². The highest BCUT2D eigenvalue weighted by Gasteiger charge is 2.40. The van der Waals surface area contributed by atoms with Crippen LogP contribution in [-0.2, 0) is 23.6 Å². The maximum Gasteiger partial charge on any atom is 0.264 e. The molecule has 0 spiro atoms. The molecule has 1 fully saturated rings. The molecule has 0 atom stereocenters. The fourth-order valence-corrected chi connectivity index (χ4v) is 4.15. The monoisotopic (exact) mass is 326 g/mol. The van der Waals surface area contributed by atoms with Crippen LogP contribution in [0.5, 0.6) is 0 Å². The van der Waals surface area contributed by atoms with Crippen LogP contribution in [-0.4, -0.2) is 33.3 Å². The zero-order valence-electron chi connectivity index (χ0n) is 11.5. The Hall–Kier alpha value is -1.44. The Morgan fingerprint density at radius 1 is 1.38 bits per heavy atom. The van der Waals surface area contributed by atoms with E-state index in [0.29, 0.717) is 5.69 Å². The van der Waals surface area contributed by atoms with Gasteiger partial charge >= 0.3 is 0 Å². The van der Waals surface area contributed by atoms with Crippen LogP contribution in [0.3, 0.4) is 0 Å². The fourth-order valence-electron chi connectivity index (χ4n) is 2.10. The third-order valence-corrected chi connectivity index (χ3v) is 5.78. The van der Waals surface area contributed by atoms with Gasteiger partial charge in [-0.15, -0.1) is 0 Å². The molecule has 0 amide bonds. The minimum atomic E-state index is -3.72. The lowest BCUT2D eigenvalue weighted by molar-refractivity contribution is 0.393. The van der Waals surface area contributed by atoms with Crippen molar-refractivity contribution in [2.24, 2.45) is 7.05 Å². The average molecular weight is 327 g/mol. The molecule has 3 rings (SSSR count). The summed E-state index contributed by atoms with van der Waals surface area (Å²) in [5.74, 6) is 0. The molecule has 0 N–H and O–H groups in total. The lowest BCUT2D eigenvalue weighted by atomic mass is 10.3. The van der Waals surface area contributed by atoms with E-state index < -0.39 is 10.0 Å². The summed E-state index contributed by atoms with van der Waals surface area (Å²) >= 11 is 6.04. The van der Waals surface area contributed by atoms with E-state index in [2.05, 4.69) is 9.97 Å². The topological polar surface area (TPSA) is 68.1 Å². The van der Waals surface area contributed by atoms with Gasteiger partial charge in [0.2, 0.25) is 5.03 Å². The third-order valence-electron chi connectivity index (χ3n) is 3.39. The maximum atomic E-state index is 12.8. The summed E-state index contributed by atoms with van der Waals surface area (Å²) in [5, 5.41) is 0.0381. The second-order valence-electron chi connectivity index (χ2n) is 5.05. The highest BCUT2D eigenvalue weighted by molar-refractivity contribution is 7.89. The van der Waals surface area contributed by atoms with Crippen LogP contribution in [0.1, 0.15) is 18.5 Å². The van der Waals surface area contributed by atoms with Gasteiger partial charge in [-0.1, -0.05) is 17.7 Å². The first-order valence-electron chi connectivity index (χ1n) is 6.58. The van der Waals surface area contributed by atoms with Crippen molar-refractivity contribution in [2.75, 3.05) is 0 Å². The predicted molar refractivity (Wildman–Crippen MR) is 78.2 cm³/mol. The lowest BCUT2D eigenvalue weighted by Gasteiger charge is -2.20. The maximum absolute atomic E-state index is 12.8. The van der Waals surface area contributed by atoms with E-state index in [1.807, 2.05) is 12.1 Å². The smallest absolute Gasteiger partial charge is 0.264 e. The normalized spacial score (nSPS) is 15.6. The van der Waals surface area contributed by atoms with E-state index in [-0.39, 0.29) is 22.8 Å². The second kappa shape index (κ2) is 5.40. The van der Waals surface area contributed by atoms with E-state index in [1.165, 1.54) is 15.2 Å². The summed E-state index contributed by atoms with van der Waals surface area (Å²) in [6, 6.07) is 5.46. The molecule has 2 aromatic rings. The van der Waals surface area contributed by atoms with Crippen molar-refractivity contribution < 1.29 is 8.42 Å². The third kappa shape index (κ3) is 2.81. The Morgan fingerprint density at radius 3 is 2.67 bits per heavy atom. The van der Waals surface area contributed by atoms with Crippen LogP contribution in [0.25, 0.3) is 0 Å². The summed E-state index contributed by atoms with van der Waals surface area (Å²) in [6.07, 6.45) is 4.77. The molecule has 0 aromatic carbocycles. The molecule has 0 unspecified atom stereocenters. The van der Waals surface area contributed by atoms with Gasteiger partial charge in [0.25, 0.3) is 10.0 Å². The van der Waals surface area contributed by atoms with Crippen molar-refractivity contribution in [3.8, 4) is 0 Å². The van der Waals surface area contributed by atoms with Gasteiger partial charge in [0.05, 0.1) is 18.6 Å². The van der Waals surface area contributed by atoms with Gasteiger partial charge in [-0.2, -0.15) is 4.31 Å². The number of halogens is 1. The van der Waals surface area contributed by atoms with E-state index in [4.69, 9.17) is 11.6 Å². The number of nitrogens with zero attached hydrogens (tertiary/aromatic N) is 4. The van der Waals surface area contributed by atoms with Crippen molar-refractivity contribution in [1.82, 2.24) is 18.8 Å². The lowest BCUT2D eigenvalue weighted by Crippen LogP contribution is -2.33. The molecule has 1 aliphatic rings. The van der Waals surface area contributed by atoms with Crippen LogP contribution in [0.15, 0.2) is 35.7 Å². The standard InChI is InChI=1S/C13H15ClN4O2S/c1-17-9-16-13(12(17)14)21(19,20)18(11-5-6-11)8-10-4-2-3-7-15-10/h2-4,7,9,11H,5-6,8H2,1H3. The zero-order chi connectivity index (χ0) is 15.0. The molecule has 2 heterocycles. The van der Waals surface area contributed by atoms with Crippen molar-refractivity contribution in [3.05, 3.63) is 41.6 Å². The van der Waals surface area contributed by atoms with Crippen LogP contribution in [0.4, 0.5) is 0 Å². The number of aryl methyl sites for hydroxylation is 1. The van der Waals surface area contributed by atoms with E-state index in [1.54, 1.807) is 19.3 Å². The van der Waals surface area contributed by atoms with Gasteiger partial charge in [-0.05, 0) is 25.0 Å². The summed E-state index contributed by atoms with van der Waals surface area (Å²) in [4.78, 5) is 8.14. The Balaban J connectivity index is 1.95. The molecular weight excluding hydrogens is 312 g/mol. The van der Waals surface area contributed by atoms with Crippen LogP contribution in [0.2, 0.25) is 5.15 Å². The second-order valence-corrected chi connectivity index (χ2v) is 7.22. The van der Waals surface area contributed by atoms with E-state index in [0.717, 1.165) is 12.8 Å². The van der Waals surface area contributed by atoms with Crippen molar-refractivity contribution >= 4 is 21.6 Å². The number of pyridine rings is 1. The summed E-state index contributed by atoms with van der Waals surface area (Å²) < 4.78 is 28.5. The average Bonchev–Trinajstić information content (AvgIpc) is 3.24. The largest absolute Gasteiger partial charge is 0.324 e. The van der Waals surface area contributed by atoms with Crippen LogP contribution >= 0.6 is 11.6 Å². The molecule has 1 aliphatic carbocycles. The Bertz CT molecular complexity index is 741. The Kier molecular flexibility index (Phi) is 3.73. The molecule has 0 aliphatic heterocycles. The van der Waals surface area contributed by atoms with Gasteiger partial charge in [0, 0.05) is 19.3 Å². The first-order chi connectivity index (χ1) is 10.00. The summed E-state index contributed by atoms with van der Waals surface area (Å²) in [7, 11) is -2.06. The molecule has 0 radical (unpaired) electrons. The summed E-state index contributed by atoms with van der Waals surface area (Å²) in [5.41, 5.74) is 0.708. The molecule has 112 valence electrons. The molecule has 2 aromatic heterocycles. The molecule has 8 heteroatoms.